The van der Waals surface area contributed by atoms with Crippen molar-refractivity contribution in [2.75, 3.05) is 6.54 Å². The Bertz CT molecular complexity index is 305. The summed E-state index contributed by atoms with van der Waals surface area (Å²) in [5.74, 6) is 0.402. The van der Waals surface area contributed by atoms with Gasteiger partial charge in [0.05, 0.1) is 6.26 Å². The number of nitrogens with zero attached hydrogens (tertiary/aromatic N) is 1. The van der Waals surface area contributed by atoms with E-state index in [-0.39, 0.29) is 0 Å². The number of nitrogens with one attached hydrogen (secondary N) is 1. The Balaban J connectivity index is 2.17. The first-order valence-corrected chi connectivity index (χ1v) is 4.12. The van der Waals surface area contributed by atoms with E-state index in [1.165, 1.54) is 6.42 Å². The molecular formula is C9H10N2O. The van der Waals surface area contributed by atoms with Crippen LogP contribution in [-0.4, -0.2) is 6.54 Å². The lowest BCUT2D eigenvalue weighted by Crippen LogP contribution is -2.11. The van der Waals surface area contributed by atoms with Gasteiger partial charge in [0.2, 0.25) is 5.76 Å². The first-order chi connectivity index (χ1) is 5.90. The van der Waals surface area contributed by atoms with Gasteiger partial charge in [-0.05, 0) is 25.5 Å². The van der Waals surface area contributed by atoms with E-state index in [1.54, 1.807) is 6.26 Å². The predicted molar refractivity (Wildman–Crippen MR) is 43.4 cm³/mol. The lowest BCUT2D eigenvalue weighted by molar-refractivity contribution is 0.541. The lowest BCUT2D eigenvalue weighted by Gasteiger charge is -2.04. The molecule has 3 heteroatoms. The van der Waals surface area contributed by atoms with Crippen LogP contribution in [0.3, 0.4) is 0 Å². The summed E-state index contributed by atoms with van der Waals surface area (Å²) in [5, 5.41) is 11.9. The highest BCUT2D eigenvalue weighted by Crippen LogP contribution is 2.24. The van der Waals surface area contributed by atoms with E-state index in [9.17, 15) is 0 Å². The molecule has 0 saturated carbocycles. The average molecular weight is 162 g/mol. The van der Waals surface area contributed by atoms with E-state index >= 15 is 0 Å². The Kier molecular flexibility index (Phi) is 1.84. The lowest BCUT2D eigenvalue weighted by atomic mass is 10.1. The number of hydrogen-bond acceptors (Lipinski definition) is 3. The highest BCUT2D eigenvalue weighted by atomic mass is 16.3. The van der Waals surface area contributed by atoms with E-state index in [2.05, 4.69) is 5.32 Å². The molecule has 62 valence electrons. The summed E-state index contributed by atoms with van der Waals surface area (Å²) < 4.78 is 5.03. The molecule has 0 aromatic carbocycles. The minimum Gasteiger partial charge on any atom is -0.454 e. The van der Waals surface area contributed by atoms with Gasteiger partial charge in [0, 0.05) is 11.6 Å². The normalized spacial score (nSPS) is 22.4. The second kappa shape index (κ2) is 3.00. The molecule has 1 N–H and O–H groups in total. The van der Waals surface area contributed by atoms with Gasteiger partial charge in [-0.1, -0.05) is 0 Å². The number of furan rings is 1. The first-order valence-electron chi connectivity index (χ1n) is 4.12. The van der Waals surface area contributed by atoms with Gasteiger partial charge >= 0.3 is 0 Å². The van der Waals surface area contributed by atoms with Crippen LogP contribution in [0.4, 0.5) is 0 Å². The fraction of sp³-hybridized carbons (Fsp3) is 0.444. The van der Waals surface area contributed by atoms with Gasteiger partial charge in [0.1, 0.15) is 6.07 Å². The van der Waals surface area contributed by atoms with Gasteiger partial charge in [-0.2, -0.15) is 5.26 Å². The van der Waals surface area contributed by atoms with Gasteiger partial charge in [-0.25, -0.2) is 0 Å². The highest BCUT2D eigenvalue weighted by molar-refractivity contribution is 5.25. The van der Waals surface area contributed by atoms with Crippen molar-refractivity contribution in [2.24, 2.45) is 0 Å². The topological polar surface area (TPSA) is 49.0 Å². The standard InChI is InChI=1S/C9H10N2O/c10-5-8-4-7(6-12-8)9-2-1-3-11-9/h4,6,9,11H,1-3H2. The zero-order valence-electron chi connectivity index (χ0n) is 6.71. The molecule has 0 amide bonds. The maximum atomic E-state index is 8.53. The molecule has 2 rings (SSSR count). The SMILES string of the molecule is N#Cc1cc(C2CCCN2)co1. The molecule has 1 aromatic heterocycles. The largest absolute Gasteiger partial charge is 0.454 e. The third-order valence-corrected chi connectivity index (χ3v) is 2.19. The van der Waals surface area contributed by atoms with E-state index in [0.29, 0.717) is 11.8 Å². The molecule has 3 nitrogen and oxygen atoms in total. The molecule has 0 aliphatic carbocycles. The zero-order valence-corrected chi connectivity index (χ0v) is 6.71. The smallest absolute Gasteiger partial charge is 0.203 e. The third-order valence-electron chi connectivity index (χ3n) is 2.19. The van der Waals surface area contributed by atoms with Crippen LogP contribution in [0.1, 0.15) is 30.2 Å². The average Bonchev–Trinajstić information content (AvgIpc) is 2.75. The van der Waals surface area contributed by atoms with Gasteiger partial charge in [-0.15, -0.1) is 0 Å². The van der Waals surface area contributed by atoms with Gasteiger partial charge in [0.15, 0.2) is 0 Å². The molecular weight excluding hydrogens is 152 g/mol. The van der Waals surface area contributed by atoms with Crippen LogP contribution in [0.15, 0.2) is 16.7 Å². The van der Waals surface area contributed by atoms with E-state index < -0.39 is 0 Å². The molecule has 0 radical (unpaired) electrons. The van der Waals surface area contributed by atoms with Crippen molar-refractivity contribution in [3.05, 3.63) is 23.7 Å². The zero-order chi connectivity index (χ0) is 8.39. The molecule has 2 heterocycles. The van der Waals surface area contributed by atoms with E-state index in [1.807, 2.05) is 12.1 Å². The van der Waals surface area contributed by atoms with Crippen molar-refractivity contribution in [2.45, 2.75) is 18.9 Å². The van der Waals surface area contributed by atoms with Gasteiger partial charge < -0.3 is 9.73 Å². The van der Waals surface area contributed by atoms with Crippen LogP contribution in [0.5, 0.6) is 0 Å². The van der Waals surface area contributed by atoms with Gasteiger partial charge in [-0.3, -0.25) is 0 Å². The van der Waals surface area contributed by atoms with Crippen LogP contribution in [0.25, 0.3) is 0 Å². The fourth-order valence-corrected chi connectivity index (χ4v) is 1.56. The quantitative estimate of drug-likeness (QED) is 0.682. The summed E-state index contributed by atoms with van der Waals surface area (Å²) >= 11 is 0. The van der Waals surface area contributed by atoms with Crippen molar-refractivity contribution < 1.29 is 4.42 Å². The molecule has 12 heavy (non-hydrogen) atoms. The molecule has 1 fully saturated rings. The fourth-order valence-electron chi connectivity index (χ4n) is 1.56. The maximum Gasteiger partial charge on any atom is 0.203 e. The minimum atomic E-state index is 0.399. The minimum absolute atomic E-state index is 0.399. The Morgan fingerprint density at radius 1 is 1.67 bits per heavy atom. The summed E-state index contributed by atoms with van der Waals surface area (Å²) in [7, 11) is 0. The van der Waals surface area contributed by atoms with E-state index in [0.717, 1.165) is 18.5 Å². The second-order valence-corrected chi connectivity index (χ2v) is 3.01. The molecule has 1 aliphatic heterocycles. The first kappa shape index (κ1) is 7.38. The van der Waals surface area contributed by atoms with Crippen molar-refractivity contribution in [1.82, 2.24) is 5.32 Å². The Hall–Kier alpha value is -1.27. The summed E-state index contributed by atoms with van der Waals surface area (Å²) in [5.41, 5.74) is 1.10. The summed E-state index contributed by atoms with van der Waals surface area (Å²) in [6, 6.07) is 4.18. The highest BCUT2D eigenvalue weighted by Gasteiger charge is 2.17. The molecule has 0 bridgehead atoms. The Morgan fingerprint density at radius 3 is 3.17 bits per heavy atom. The monoisotopic (exact) mass is 162 g/mol. The predicted octanol–water partition coefficient (Wildman–Crippen LogP) is 1.58. The van der Waals surface area contributed by atoms with E-state index in [4.69, 9.17) is 9.68 Å². The summed E-state index contributed by atoms with van der Waals surface area (Å²) in [4.78, 5) is 0. The van der Waals surface area contributed by atoms with Crippen LogP contribution >= 0.6 is 0 Å². The summed E-state index contributed by atoms with van der Waals surface area (Å²) in [6.45, 7) is 1.07. The summed E-state index contributed by atoms with van der Waals surface area (Å²) in [6.07, 6.45) is 4.02. The van der Waals surface area contributed by atoms with Crippen molar-refractivity contribution in [3.63, 3.8) is 0 Å². The van der Waals surface area contributed by atoms with Crippen molar-refractivity contribution in [1.29, 1.82) is 5.26 Å². The van der Waals surface area contributed by atoms with Crippen LogP contribution in [-0.2, 0) is 0 Å². The molecule has 1 aromatic rings. The number of rotatable bonds is 1. The van der Waals surface area contributed by atoms with Gasteiger partial charge in [0.25, 0.3) is 0 Å². The maximum absolute atomic E-state index is 8.53. The van der Waals surface area contributed by atoms with Crippen LogP contribution in [0, 0.1) is 11.3 Å². The van der Waals surface area contributed by atoms with Crippen molar-refractivity contribution >= 4 is 0 Å². The second-order valence-electron chi connectivity index (χ2n) is 3.01. The molecule has 1 aliphatic rings. The molecule has 0 spiro atoms. The number of hydrogen-bond donors (Lipinski definition) is 1. The third kappa shape index (κ3) is 1.21. The van der Waals surface area contributed by atoms with Crippen LogP contribution in [0.2, 0.25) is 0 Å². The molecule has 1 saturated heterocycles. The van der Waals surface area contributed by atoms with Crippen molar-refractivity contribution in [3.8, 4) is 6.07 Å². The molecule has 1 unspecified atom stereocenters. The molecule has 1 atom stereocenters. The number of nitriles is 1. The van der Waals surface area contributed by atoms with Crippen LogP contribution < -0.4 is 5.32 Å². The Labute approximate surface area is 71.0 Å². The Morgan fingerprint density at radius 2 is 2.58 bits per heavy atom.